The van der Waals surface area contributed by atoms with E-state index < -0.39 is 0 Å². The van der Waals surface area contributed by atoms with Crippen LogP contribution < -0.4 is 5.32 Å². The largest absolute Gasteiger partial charge is 0.384 e. The predicted octanol–water partition coefficient (Wildman–Crippen LogP) is 1.86. The number of nitrogens with one attached hydrogen (secondary N) is 1. The Hall–Kier alpha value is -2.51. The van der Waals surface area contributed by atoms with Crippen molar-refractivity contribution in [2.75, 3.05) is 6.61 Å². The van der Waals surface area contributed by atoms with Crippen LogP contribution in [0.5, 0.6) is 0 Å². The summed E-state index contributed by atoms with van der Waals surface area (Å²) in [5.41, 5.74) is 2.42. The Bertz CT molecular complexity index is 692. The smallest absolute Gasteiger partial charge is 0.268 e. The Morgan fingerprint density at radius 1 is 1.38 bits per heavy atom. The standard InChI is InChI=1S/C17H18N2O2/c1-13(18-17(21)16-9-4-10-19(16)2)15-8-3-6-14(12-15)7-5-11-20/h3-4,6,8-10,12-13,20H,11H2,1-2H3,(H,18,21). The number of aryl methyl sites for hydroxylation is 1. The number of carbonyl (C=O) groups is 1. The summed E-state index contributed by atoms with van der Waals surface area (Å²) in [4.78, 5) is 12.2. The van der Waals surface area contributed by atoms with Gasteiger partial charge in [0.2, 0.25) is 0 Å². The molecule has 1 aromatic heterocycles. The maximum atomic E-state index is 12.2. The molecule has 0 spiro atoms. The number of hydrogen-bond acceptors (Lipinski definition) is 2. The van der Waals surface area contributed by atoms with Gasteiger partial charge in [0, 0.05) is 18.8 Å². The molecule has 21 heavy (non-hydrogen) atoms. The van der Waals surface area contributed by atoms with Crippen LogP contribution in [0.4, 0.5) is 0 Å². The van der Waals surface area contributed by atoms with Crippen molar-refractivity contribution in [3.8, 4) is 11.8 Å². The summed E-state index contributed by atoms with van der Waals surface area (Å²) in [5, 5.41) is 11.7. The molecule has 0 fully saturated rings. The van der Waals surface area contributed by atoms with Crippen LogP contribution in [0.15, 0.2) is 42.6 Å². The number of aliphatic hydroxyl groups is 1. The molecular formula is C17H18N2O2. The van der Waals surface area contributed by atoms with Crippen LogP contribution in [0, 0.1) is 11.8 Å². The monoisotopic (exact) mass is 282 g/mol. The fourth-order valence-electron chi connectivity index (χ4n) is 2.08. The number of hydrogen-bond donors (Lipinski definition) is 2. The summed E-state index contributed by atoms with van der Waals surface area (Å²) in [6.45, 7) is 1.77. The Labute approximate surface area is 124 Å². The summed E-state index contributed by atoms with van der Waals surface area (Å²) >= 11 is 0. The number of nitrogens with zero attached hydrogens (tertiary/aromatic N) is 1. The van der Waals surface area contributed by atoms with E-state index >= 15 is 0 Å². The molecule has 0 saturated carbocycles. The highest BCUT2D eigenvalue weighted by Crippen LogP contribution is 2.14. The van der Waals surface area contributed by atoms with Gasteiger partial charge >= 0.3 is 0 Å². The van der Waals surface area contributed by atoms with E-state index in [-0.39, 0.29) is 18.6 Å². The van der Waals surface area contributed by atoms with Crippen LogP contribution >= 0.6 is 0 Å². The molecule has 1 atom stereocenters. The van der Waals surface area contributed by atoms with Gasteiger partial charge in [0.1, 0.15) is 12.3 Å². The molecule has 0 aliphatic heterocycles. The molecule has 1 amide bonds. The summed E-state index contributed by atoms with van der Waals surface area (Å²) in [5.74, 6) is 5.37. The highest BCUT2D eigenvalue weighted by Gasteiger charge is 2.13. The van der Waals surface area contributed by atoms with E-state index in [2.05, 4.69) is 17.2 Å². The Morgan fingerprint density at radius 3 is 2.86 bits per heavy atom. The molecule has 0 aliphatic carbocycles. The van der Waals surface area contributed by atoms with Crippen molar-refractivity contribution in [1.82, 2.24) is 9.88 Å². The normalized spacial score (nSPS) is 11.4. The zero-order valence-corrected chi connectivity index (χ0v) is 12.1. The van der Waals surface area contributed by atoms with Gasteiger partial charge in [-0.15, -0.1) is 0 Å². The lowest BCUT2D eigenvalue weighted by molar-refractivity contribution is 0.0931. The summed E-state index contributed by atoms with van der Waals surface area (Å²) in [6, 6.07) is 11.1. The molecule has 0 radical (unpaired) electrons. The molecule has 1 heterocycles. The maximum Gasteiger partial charge on any atom is 0.268 e. The first kappa shape index (κ1) is 14.9. The van der Waals surface area contributed by atoms with Crippen molar-refractivity contribution < 1.29 is 9.90 Å². The van der Waals surface area contributed by atoms with Crippen molar-refractivity contribution >= 4 is 5.91 Å². The van der Waals surface area contributed by atoms with Crippen LogP contribution in [-0.2, 0) is 7.05 Å². The molecule has 1 unspecified atom stereocenters. The zero-order chi connectivity index (χ0) is 15.2. The average molecular weight is 282 g/mol. The van der Waals surface area contributed by atoms with Crippen LogP contribution in [-0.4, -0.2) is 22.2 Å². The zero-order valence-electron chi connectivity index (χ0n) is 12.1. The van der Waals surface area contributed by atoms with Crippen LogP contribution in [0.1, 0.15) is 34.6 Å². The van der Waals surface area contributed by atoms with Gasteiger partial charge in [0.25, 0.3) is 5.91 Å². The second kappa shape index (κ2) is 6.78. The minimum atomic E-state index is -0.163. The van der Waals surface area contributed by atoms with E-state index in [0.29, 0.717) is 5.69 Å². The molecule has 2 N–H and O–H groups in total. The van der Waals surface area contributed by atoms with Gasteiger partial charge in [0.05, 0.1) is 6.04 Å². The fraction of sp³-hybridized carbons (Fsp3) is 0.235. The highest BCUT2D eigenvalue weighted by molar-refractivity contribution is 5.92. The topological polar surface area (TPSA) is 54.3 Å². The second-order valence-corrected chi connectivity index (χ2v) is 4.78. The number of amides is 1. The molecule has 2 rings (SSSR count). The Morgan fingerprint density at radius 2 is 2.19 bits per heavy atom. The van der Waals surface area contributed by atoms with E-state index in [0.717, 1.165) is 11.1 Å². The van der Waals surface area contributed by atoms with Crippen molar-refractivity contribution in [2.45, 2.75) is 13.0 Å². The molecule has 2 aromatic rings. The second-order valence-electron chi connectivity index (χ2n) is 4.78. The number of benzene rings is 1. The van der Waals surface area contributed by atoms with Crippen molar-refractivity contribution in [3.05, 3.63) is 59.4 Å². The van der Waals surface area contributed by atoms with Gasteiger partial charge < -0.3 is 15.0 Å². The third-order valence-corrected chi connectivity index (χ3v) is 3.22. The SMILES string of the molecule is CC(NC(=O)c1cccn1C)c1cccc(C#CCO)c1. The molecular weight excluding hydrogens is 264 g/mol. The van der Waals surface area contributed by atoms with Gasteiger partial charge in [-0.3, -0.25) is 4.79 Å². The third-order valence-electron chi connectivity index (χ3n) is 3.22. The lowest BCUT2D eigenvalue weighted by Gasteiger charge is -2.15. The molecule has 108 valence electrons. The highest BCUT2D eigenvalue weighted by atomic mass is 16.2. The molecule has 4 heteroatoms. The lowest BCUT2D eigenvalue weighted by Crippen LogP contribution is -2.28. The fourth-order valence-corrected chi connectivity index (χ4v) is 2.08. The minimum absolute atomic E-state index is 0.109. The summed E-state index contributed by atoms with van der Waals surface area (Å²) in [6.07, 6.45) is 1.84. The quantitative estimate of drug-likeness (QED) is 0.844. The number of carbonyl (C=O) groups excluding carboxylic acids is 1. The Balaban J connectivity index is 2.11. The van der Waals surface area contributed by atoms with Gasteiger partial charge in [0.15, 0.2) is 0 Å². The molecule has 0 bridgehead atoms. The summed E-state index contributed by atoms with van der Waals surface area (Å²) in [7, 11) is 1.84. The van der Waals surface area contributed by atoms with E-state index in [4.69, 9.17) is 5.11 Å². The number of rotatable bonds is 3. The number of aromatic nitrogens is 1. The van der Waals surface area contributed by atoms with Gasteiger partial charge in [-0.05, 0) is 36.8 Å². The predicted molar refractivity (Wildman–Crippen MR) is 81.7 cm³/mol. The first-order chi connectivity index (χ1) is 10.1. The van der Waals surface area contributed by atoms with E-state index in [1.807, 2.05) is 50.5 Å². The molecule has 0 aliphatic rings. The van der Waals surface area contributed by atoms with Crippen LogP contribution in [0.25, 0.3) is 0 Å². The van der Waals surface area contributed by atoms with E-state index in [1.54, 1.807) is 10.6 Å². The van der Waals surface area contributed by atoms with Crippen LogP contribution in [0.2, 0.25) is 0 Å². The lowest BCUT2D eigenvalue weighted by atomic mass is 10.1. The van der Waals surface area contributed by atoms with Crippen molar-refractivity contribution in [1.29, 1.82) is 0 Å². The first-order valence-electron chi connectivity index (χ1n) is 6.73. The molecule has 0 saturated heterocycles. The first-order valence-corrected chi connectivity index (χ1v) is 6.73. The Kier molecular flexibility index (Phi) is 4.81. The van der Waals surface area contributed by atoms with Gasteiger partial charge in [-0.25, -0.2) is 0 Å². The van der Waals surface area contributed by atoms with Gasteiger partial charge in [-0.1, -0.05) is 24.0 Å². The number of aliphatic hydroxyl groups excluding tert-OH is 1. The summed E-state index contributed by atoms with van der Waals surface area (Å²) < 4.78 is 1.78. The molecule has 1 aromatic carbocycles. The maximum absolute atomic E-state index is 12.2. The van der Waals surface area contributed by atoms with Crippen molar-refractivity contribution in [3.63, 3.8) is 0 Å². The average Bonchev–Trinajstić information content (AvgIpc) is 2.91. The molecule has 4 nitrogen and oxygen atoms in total. The van der Waals surface area contributed by atoms with Crippen LogP contribution in [0.3, 0.4) is 0 Å². The van der Waals surface area contributed by atoms with Crippen molar-refractivity contribution in [2.24, 2.45) is 7.05 Å². The van der Waals surface area contributed by atoms with E-state index in [9.17, 15) is 4.79 Å². The van der Waals surface area contributed by atoms with Gasteiger partial charge in [-0.2, -0.15) is 0 Å². The minimum Gasteiger partial charge on any atom is -0.384 e. The van der Waals surface area contributed by atoms with E-state index in [1.165, 1.54) is 0 Å². The third kappa shape index (κ3) is 3.74.